The van der Waals surface area contributed by atoms with Crippen molar-refractivity contribution in [1.82, 2.24) is 5.32 Å². The number of nitrogens with one attached hydrogen (secondary N) is 1. The number of rotatable bonds is 2. The van der Waals surface area contributed by atoms with Crippen molar-refractivity contribution in [2.75, 3.05) is 6.54 Å². The third kappa shape index (κ3) is 1.92. The van der Waals surface area contributed by atoms with Crippen molar-refractivity contribution in [3.8, 4) is 0 Å². The molecule has 2 aliphatic carbocycles. The van der Waals surface area contributed by atoms with E-state index in [1.165, 1.54) is 0 Å². The fourth-order valence-electron chi connectivity index (χ4n) is 3.33. The highest BCUT2D eigenvalue weighted by molar-refractivity contribution is 6.28. The largest absolute Gasteiger partial charge is 0.310 e. The minimum absolute atomic E-state index is 0.0162. The smallest absolute Gasteiger partial charge is 0.194 e. The third-order valence-corrected chi connectivity index (χ3v) is 4.46. The lowest BCUT2D eigenvalue weighted by Gasteiger charge is -2.40. The molecule has 0 fully saturated rings. The van der Waals surface area contributed by atoms with Crippen molar-refractivity contribution in [2.24, 2.45) is 5.41 Å². The predicted molar refractivity (Wildman–Crippen MR) is 82.5 cm³/mol. The number of ketones is 2. The second kappa shape index (κ2) is 4.78. The minimum atomic E-state index is -0.402. The SMILES string of the molecule is CCNC1C=CC2=C(C(=O)c3ccccc3C2=O)C1(C)C. The number of carbonyl (C=O) groups is 2. The standard InChI is InChI=1S/C18H19NO2/c1-4-19-14-10-9-13-15(18(14,2)3)17(21)12-8-6-5-7-11(12)16(13)20/h5-10,14,19H,4H2,1-3H3. The summed E-state index contributed by atoms with van der Waals surface area (Å²) in [4.78, 5) is 25.6. The summed E-state index contributed by atoms with van der Waals surface area (Å²) < 4.78 is 0. The summed E-state index contributed by atoms with van der Waals surface area (Å²) in [5.41, 5.74) is 1.83. The zero-order valence-corrected chi connectivity index (χ0v) is 12.6. The Balaban J connectivity index is 2.18. The summed E-state index contributed by atoms with van der Waals surface area (Å²) in [6.07, 6.45) is 3.81. The lowest BCUT2D eigenvalue weighted by Crippen LogP contribution is -2.46. The van der Waals surface area contributed by atoms with E-state index in [9.17, 15) is 9.59 Å². The molecule has 2 aliphatic rings. The van der Waals surface area contributed by atoms with Crippen LogP contribution in [0.5, 0.6) is 0 Å². The molecule has 21 heavy (non-hydrogen) atoms. The Kier molecular flexibility index (Phi) is 3.18. The molecule has 0 amide bonds. The molecular weight excluding hydrogens is 262 g/mol. The lowest BCUT2D eigenvalue weighted by atomic mass is 9.66. The average Bonchev–Trinajstić information content (AvgIpc) is 2.47. The molecule has 0 spiro atoms. The molecule has 3 nitrogen and oxygen atoms in total. The number of likely N-dealkylation sites (N-methyl/N-ethyl adjacent to an activating group) is 1. The summed E-state index contributed by atoms with van der Waals surface area (Å²) >= 11 is 0. The first kappa shape index (κ1) is 14.0. The van der Waals surface area contributed by atoms with Crippen LogP contribution in [0.4, 0.5) is 0 Å². The molecule has 0 saturated carbocycles. The molecule has 3 heteroatoms. The van der Waals surface area contributed by atoms with Gasteiger partial charge in [0.2, 0.25) is 0 Å². The van der Waals surface area contributed by atoms with E-state index in [2.05, 4.69) is 5.32 Å². The van der Waals surface area contributed by atoms with E-state index in [1.54, 1.807) is 18.2 Å². The van der Waals surface area contributed by atoms with Gasteiger partial charge in [-0.3, -0.25) is 9.59 Å². The van der Waals surface area contributed by atoms with E-state index in [4.69, 9.17) is 0 Å². The molecule has 1 N–H and O–H groups in total. The highest BCUT2D eigenvalue weighted by Gasteiger charge is 2.44. The van der Waals surface area contributed by atoms with Crippen LogP contribution in [0, 0.1) is 5.41 Å². The normalized spacial score (nSPS) is 23.1. The van der Waals surface area contributed by atoms with Crippen molar-refractivity contribution >= 4 is 11.6 Å². The molecule has 108 valence electrons. The molecule has 3 rings (SSSR count). The predicted octanol–water partition coefficient (Wildman–Crippen LogP) is 2.94. The second-order valence-electron chi connectivity index (χ2n) is 6.11. The van der Waals surface area contributed by atoms with Crippen molar-refractivity contribution in [1.29, 1.82) is 0 Å². The van der Waals surface area contributed by atoms with E-state index < -0.39 is 5.41 Å². The van der Waals surface area contributed by atoms with Gasteiger partial charge >= 0.3 is 0 Å². The molecule has 1 atom stereocenters. The topological polar surface area (TPSA) is 46.2 Å². The Morgan fingerprint density at radius 2 is 1.71 bits per heavy atom. The van der Waals surface area contributed by atoms with Crippen LogP contribution in [0.2, 0.25) is 0 Å². The number of Topliss-reactive ketones (excluding diaryl/α,β-unsaturated/α-hetero) is 2. The average molecular weight is 281 g/mol. The van der Waals surface area contributed by atoms with Crippen LogP contribution in [0.15, 0.2) is 47.6 Å². The maximum absolute atomic E-state index is 12.9. The summed E-state index contributed by atoms with van der Waals surface area (Å²) in [6.45, 7) is 6.91. The lowest BCUT2D eigenvalue weighted by molar-refractivity contribution is 0.0949. The Morgan fingerprint density at radius 3 is 2.33 bits per heavy atom. The van der Waals surface area contributed by atoms with Crippen LogP contribution in [0.3, 0.4) is 0 Å². The first-order valence-electron chi connectivity index (χ1n) is 7.33. The van der Waals surface area contributed by atoms with Gasteiger partial charge in [-0.05, 0) is 6.54 Å². The molecular formula is C18H19NO2. The number of allylic oxidation sites excluding steroid dienone is 2. The van der Waals surface area contributed by atoms with Crippen molar-refractivity contribution in [3.05, 3.63) is 58.7 Å². The van der Waals surface area contributed by atoms with E-state index >= 15 is 0 Å². The van der Waals surface area contributed by atoms with Gasteiger partial charge in [0.25, 0.3) is 0 Å². The van der Waals surface area contributed by atoms with E-state index in [0.717, 1.165) is 6.54 Å². The van der Waals surface area contributed by atoms with Crippen LogP contribution in [-0.2, 0) is 0 Å². The molecule has 1 aromatic carbocycles. The zero-order chi connectivity index (χ0) is 15.2. The number of carbonyl (C=O) groups excluding carboxylic acids is 2. The van der Waals surface area contributed by atoms with Crippen LogP contribution < -0.4 is 5.32 Å². The van der Waals surface area contributed by atoms with Gasteiger partial charge in [-0.25, -0.2) is 0 Å². The van der Waals surface area contributed by atoms with Crippen LogP contribution in [0.1, 0.15) is 41.5 Å². The van der Waals surface area contributed by atoms with Gasteiger partial charge in [-0.2, -0.15) is 0 Å². The van der Waals surface area contributed by atoms with E-state index in [1.807, 2.05) is 39.0 Å². The fraction of sp³-hybridized carbons (Fsp3) is 0.333. The fourth-order valence-corrected chi connectivity index (χ4v) is 3.33. The van der Waals surface area contributed by atoms with Crippen molar-refractivity contribution in [2.45, 2.75) is 26.8 Å². The Labute approximate surface area is 124 Å². The van der Waals surface area contributed by atoms with Gasteiger partial charge in [0.05, 0.1) is 0 Å². The van der Waals surface area contributed by atoms with Gasteiger partial charge in [-0.15, -0.1) is 0 Å². The number of hydrogen-bond acceptors (Lipinski definition) is 3. The zero-order valence-electron chi connectivity index (χ0n) is 12.6. The first-order valence-corrected chi connectivity index (χ1v) is 7.33. The maximum Gasteiger partial charge on any atom is 0.194 e. The summed E-state index contributed by atoms with van der Waals surface area (Å²) in [5, 5.41) is 3.38. The molecule has 0 radical (unpaired) electrons. The summed E-state index contributed by atoms with van der Waals surface area (Å²) in [7, 11) is 0. The van der Waals surface area contributed by atoms with Gasteiger partial charge in [0.15, 0.2) is 11.6 Å². The quantitative estimate of drug-likeness (QED) is 0.906. The van der Waals surface area contributed by atoms with Crippen LogP contribution in [0.25, 0.3) is 0 Å². The second-order valence-corrected chi connectivity index (χ2v) is 6.11. The van der Waals surface area contributed by atoms with Crippen LogP contribution in [-0.4, -0.2) is 24.2 Å². The number of fused-ring (bicyclic) bond motifs is 1. The van der Waals surface area contributed by atoms with Crippen LogP contribution >= 0.6 is 0 Å². The summed E-state index contributed by atoms with van der Waals surface area (Å²) in [5.74, 6) is -0.0584. The molecule has 0 heterocycles. The molecule has 1 aromatic rings. The Morgan fingerprint density at radius 1 is 1.10 bits per heavy atom. The monoisotopic (exact) mass is 281 g/mol. The molecule has 1 unspecified atom stereocenters. The van der Waals surface area contributed by atoms with Gasteiger partial charge < -0.3 is 5.32 Å². The molecule has 0 saturated heterocycles. The first-order chi connectivity index (χ1) is 9.98. The highest BCUT2D eigenvalue weighted by atomic mass is 16.1. The minimum Gasteiger partial charge on any atom is -0.310 e. The van der Waals surface area contributed by atoms with E-state index in [-0.39, 0.29) is 17.6 Å². The highest BCUT2D eigenvalue weighted by Crippen LogP contribution is 2.42. The molecule has 0 bridgehead atoms. The maximum atomic E-state index is 12.9. The molecule has 0 aliphatic heterocycles. The van der Waals surface area contributed by atoms with Crippen molar-refractivity contribution in [3.63, 3.8) is 0 Å². The van der Waals surface area contributed by atoms with Crippen molar-refractivity contribution < 1.29 is 9.59 Å². The number of benzene rings is 1. The van der Waals surface area contributed by atoms with Gasteiger partial charge in [0.1, 0.15) is 0 Å². The Bertz CT molecular complexity index is 695. The Hall–Kier alpha value is -2.00. The number of hydrogen-bond donors (Lipinski definition) is 1. The van der Waals surface area contributed by atoms with E-state index in [0.29, 0.717) is 22.3 Å². The van der Waals surface area contributed by atoms with Gasteiger partial charge in [0, 0.05) is 33.7 Å². The molecule has 0 aromatic heterocycles. The third-order valence-electron chi connectivity index (χ3n) is 4.46. The summed E-state index contributed by atoms with van der Waals surface area (Å²) in [6, 6.07) is 7.15. The van der Waals surface area contributed by atoms with Gasteiger partial charge in [-0.1, -0.05) is 57.2 Å².